The number of thiophene rings is 1. The van der Waals surface area contributed by atoms with Crippen LogP contribution in [-0.2, 0) is 16.0 Å². The van der Waals surface area contributed by atoms with Gasteiger partial charge in [0.25, 0.3) is 0 Å². The number of hydrogen-bond acceptors (Lipinski definition) is 3. The maximum Gasteiger partial charge on any atom is 0.243 e. The lowest BCUT2D eigenvalue weighted by atomic mass is 9.90. The Labute approximate surface area is 178 Å². The first kappa shape index (κ1) is 21.6. The molecule has 29 heavy (non-hydrogen) atoms. The van der Waals surface area contributed by atoms with E-state index < -0.39 is 0 Å². The van der Waals surface area contributed by atoms with Crippen molar-refractivity contribution in [3.05, 3.63) is 57.3 Å². The summed E-state index contributed by atoms with van der Waals surface area (Å²) in [4.78, 5) is 31.3. The molecule has 1 aliphatic rings. The zero-order chi connectivity index (χ0) is 21.0. The average Bonchev–Trinajstić information content (AvgIpc) is 3.20. The summed E-state index contributed by atoms with van der Waals surface area (Å²) < 4.78 is 0. The van der Waals surface area contributed by atoms with Gasteiger partial charge >= 0.3 is 0 Å². The van der Waals surface area contributed by atoms with E-state index in [0.29, 0.717) is 13.0 Å². The molecule has 0 N–H and O–H groups in total. The summed E-state index contributed by atoms with van der Waals surface area (Å²) >= 11 is 1.77. The van der Waals surface area contributed by atoms with Crippen LogP contribution in [0, 0.1) is 6.92 Å². The van der Waals surface area contributed by atoms with E-state index in [4.69, 9.17) is 0 Å². The van der Waals surface area contributed by atoms with E-state index in [-0.39, 0.29) is 30.4 Å². The smallest absolute Gasteiger partial charge is 0.243 e. The lowest BCUT2D eigenvalue weighted by molar-refractivity contribution is -0.143. The van der Waals surface area contributed by atoms with Gasteiger partial charge in [-0.05, 0) is 61.2 Å². The van der Waals surface area contributed by atoms with Crippen LogP contribution < -0.4 is 0 Å². The van der Waals surface area contributed by atoms with Gasteiger partial charge in [0.1, 0.15) is 6.54 Å². The van der Waals surface area contributed by atoms with Gasteiger partial charge in [-0.1, -0.05) is 38.1 Å². The Morgan fingerprint density at radius 2 is 1.97 bits per heavy atom. The first-order valence-corrected chi connectivity index (χ1v) is 11.6. The number of carbonyl (C=O) groups is 2. The highest BCUT2D eigenvalue weighted by Crippen LogP contribution is 2.39. The molecule has 1 aromatic heterocycles. The van der Waals surface area contributed by atoms with Gasteiger partial charge in [0.15, 0.2) is 0 Å². The van der Waals surface area contributed by atoms with Crippen molar-refractivity contribution in [3.8, 4) is 0 Å². The van der Waals surface area contributed by atoms with Crippen molar-refractivity contribution in [2.24, 2.45) is 0 Å². The number of rotatable bonds is 7. The van der Waals surface area contributed by atoms with Gasteiger partial charge in [0.2, 0.25) is 11.8 Å². The topological polar surface area (TPSA) is 40.6 Å². The SMILES string of the molecule is CCCC(=O)N(CC(=O)N1CCc2sccc2C1c1ccccc1C)C(C)CC. The highest BCUT2D eigenvalue weighted by molar-refractivity contribution is 7.10. The van der Waals surface area contributed by atoms with E-state index >= 15 is 0 Å². The van der Waals surface area contributed by atoms with E-state index in [2.05, 4.69) is 37.4 Å². The molecule has 2 atom stereocenters. The summed E-state index contributed by atoms with van der Waals surface area (Å²) in [7, 11) is 0. The van der Waals surface area contributed by atoms with Gasteiger partial charge in [-0.2, -0.15) is 0 Å². The minimum atomic E-state index is -0.0706. The van der Waals surface area contributed by atoms with Gasteiger partial charge in [-0.3, -0.25) is 9.59 Å². The van der Waals surface area contributed by atoms with E-state index in [1.54, 1.807) is 16.2 Å². The van der Waals surface area contributed by atoms with Crippen LogP contribution in [0.5, 0.6) is 0 Å². The fraction of sp³-hybridized carbons (Fsp3) is 0.500. The number of nitrogens with zero attached hydrogens (tertiary/aromatic N) is 2. The molecule has 2 amide bonds. The van der Waals surface area contributed by atoms with E-state index in [0.717, 1.165) is 19.3 Å². The Morgan fingerprint density at radius 3 is 2.66 bits per heavy atom. The fourth-order valence-corrected chi connectivity index (χ4v) is 5.02. The number of hydrogen-bond donors (Lipinski definition) is 0. The normalized spacial score (nSPS) is 17.0. The van der Waals surface area contributed by atoms with Gasteiger partial charge in [0, 0.05) is 23.9 Å². The predicted molar refractivity (Wildman–Crippen MR) is 119 cm³/mol. The van der Waals surface area contributed by atoms with E-state index in [1.807, 2.05) is 30.9 Å². The number of aryl methyl sites for hydroxylation is 1. The quantitative estimate of drug-likeness (QED) is 0.645. The summed E-state index contributed by atoms with van der Waals surface area (Å²) in [5, 5.41) is 2.13. The standard InChI is InChI=1S/C24H32N2O2S/c1-5-9-22(27)26(18(4)6-2)16-23(28)25-14-12-21-20(13-15-29-21)24(25)19-11-8-7-10-17(19)3/h7-8,10-11,13,15,18,24H,5-6,9,12,14,16H2,1-4H3. The Kier molecular flexibility index (Phi) is 7.12. The highest BCUT2D eigenvalue weighted by atomic mass is 32.1. The summed E-state index contributed by atoms with van der Waals surface area (Å²) in [6, 6.07) is 10.5. The zero-order valence-electron chi connectivity index (χ0n) is 18.0. The Morgan fingerprint density at radius 1 is 1.21 bits per heavy atom. The molecule has 2 aromatic rings. The second-order valence-corrected chi connectivity index (χ2v) is 8.92. The Bertz CT molecular complexity index is 860. The van der Waals surface area contributed by atoms with Crippen molar-refractivity contribution in [3.63, 3.8) is 0 Å². The number of carbonyl (C=O) groups excluding carboxylic acids is 2. The minimum Gasteiger partial charge on any atom is -0.331 e. The molecule has 0 aliphatic carbocycles. The van der Waals surface area contributed by atoms with Crippen LogP contribution in [0.25, 0.3) is 0 Å². The lowest BCUT2D eigenvalue weighted by Gasteiger charge is -2.39. The molecular weight excluding hydrogens is 380 g/mol. The van der Waals surface area contributed by atoms with E-state index in [1.165, 1.54) is 21.6 Å². The first-order chi connectivity index (χ1) is 14.0. The molecule has 3 rings (SSSR count). The zero-order valence-corrected chi connectivity index (χ0v) is 18.8. The predicted octanol–water partition coefficient (Wildman–Crippen LogP) is 4.96. The molecule has 1 aromatic carbocycles. The van der Waals surface area contributed by atoms with Crippen molar-refractivity contribution in [1.82, 2.24) is 9.80 Å². The average molecular weight is 413 g/mol. The second kappa shape index (κ2) is 9.57. The van der Waals surface area contributed by atoms with Gasteiger partial charge in [-0.15, -0.1) is 11.3 Å². The van der Waals surface area contributed by atoms with E-state index in [9.17, 15) is 9.59 Å². The third-order valence-corrected chi connectivity index (χ3v) is 6.98. The van der Waals surface area contributed by atoms with Gasteiger partial charge in [-0.25, -0.2) is 0 Å². The van der Waals surface area contributed by atoms with Crippen molar-refractivity contribution in [2.75, 3.05) is 13.1 Å². The third-order valence-electron chi connectivity index (χ3n) is 5.98. The van der Waals surface area contributed by atoms with Gasteiger partial charge < -0.3 is 9.80 Å². The van der Waals surface area contributed by atoms with Crippen molar-refractivity contribution in [2.45, 2.75) is 65.5 Å². The van der Waals surface area contributed by atoms with Crippen LogP contribution >= 0.6 is 11.3 Å². The Hall–Kier alpha value is -2.14. The summed E-state index contributed by atoms with van der Waals surface area (Å²) in [6.07, 6.45) is 3.02. The molecule has 2 unspecified atom stereocenters. The summed E-state index contributed by atoms with van der Waals surface area (Å²) in [6.45, 7) is 9.07. The Balaban J connectivity index is 1.92. The van der Waals surface area contributed by atoms with Crippen LogP contribution in [0.4, 0.5) is 0 Å². The van der Waals surface area contributed by atoms with Crippen LogP contribution in [0.15, 0.2) is 35.7 Å². The third kappa shape index (κ3) is 4.55. The molecule has 0 radical (unpaired) electrons. The molecule has 156 valence electrons. The molecule has 0 bridgehead atoms. The van der Waals surface area contributed by atoms with Gasteiger partial charge in [0.05, 0.1) is 6.04 Å². The highest BCUT2D eigenvalue weighted by Gasteiger charge is 2.35. The summed E-state index contributed by atoms with van der Waals surface area (Å²) in [5.74, 6) is 0.121. The van der Waals surface area contributed by atoms with Crippen LogP contribution in [0.3, 0.4) is 0 Å². The van der Waals surface area contributed by atoms with Crippen LogP contribution in [-0.4, -0.2) is 40.7 Å². The maximum atomic E-state index is 13.5. The van der Waals surface area contributed by atoms with Crippen molar-refractivity contribution in [1.29, 1.82) is 0 Å². The minimum absolute atomic E-state index is 0.0415. The number of amides is 2. The molecular formula is C24H32N2O2S. The first-order valence-electron chi connectivity index (χ1n) is 10.7. The monoisotopic (exact) mass is 412 g/mol. The lowest BCUT2D eigenvalue weighted by Crippen LogP contribution is -2.49. The molecule has 0 spiro atoms. The second-order valence-electron chi connectivity index (χ2n) is 7.92. The number of benzene rings is 1. The fourth-order valence-electron chi connectivity index (χ4n) is 4.12. The van der Waals surface area contributed by atoms with Crippen LogP contribution in [0.1, 0.15) is 67.6 Å². The van der Waals surface area contributed by atoms with Crippen LogP contribution in [0.2, 0.25) is 0 Å². The molecule has 0 fully saturated rings. The largest absolute Gasteiger partial charge is 0.331 e. The molecule has 0 saturated heterocycles. The molecule has 4 nitrogen and oxygen atoms in total. The molecule has 1 aliphatic heterocycles. The molecule has 0 saturated carbocycles. The van der Waals surface area contributed by atoms with Crippen molar-refractivity contribution < 1.29 is 9.59 Å². The molecule has 2 heterocycles. The maximum absolute atomic E-state index is 13.5. The molecule has 5 heteroatoms. The number of fused-ring (bicyclic) bond motifs is 1. The summed E-state index contributed by atoms with van der Waals surface area (Å²) in [5.41, 5.74) is 3.60. The van der Waals surface area contributed by atoms with Crippen molar-refractivity contribution >= 4 is 23.2 Å².